The van der Waals surface area contributed by atoms with Crippen molar-refractivity contribution >= 4 is 60.5 Å². The number of nitrogens with zero attached hydrogens (tertiary/aromatic N) is 6. The van der Waals surface area contributed by atoms with Crippen LogP contribution < -0.4 is 17.2 Å². The molecule has 0 aliphatic rings. The molecule has 0 radical (unpaired) electrons. The molecule has 0 amide bonds. The number of rotatable bonds is 4. The first-order chi connectivity index (χ1) is 24.7. The fraction of sp³-hybridized carbons (Fsp3) is 0.310. The molecule has 10 heteroatoms. The maximum atomic E-state index is 5.77. The van der Waals surface area contributed by atoms with Gasteiger partial charge in [0, 0.05) is 36.7 Å². The van der Waals surface area contributed by atoms with E-state index in [0.717, 1.165) is 22.1 Å². The van der Waals surface area contributed by atoms with Crippen molar-refractivity contribution in [2.45, 2.75) is 79.1 Å². The molecule has 0 saturated heterocycles. The Morgan fingerprint density at radius 3 is 1.98 bits per heavy atom. The molecule has 6 heterocycles. The van der Waals surface area contributed by atoms with E-state index >= 15 is 0 Å². The Bertz CT molecular complexity index is 2390. The number of nitrogens with two attached hydrogens (primary N) is 3. The van der Waals surface area contributed by atoms with Crippen molar-refractivity contribution in [2.75, 3.05) is 17.2 Å². The van der Waals surface area contributed by atoms with E-state index in [1.54, 1.807) is 11.3 Å². The van der Waals surface area contributed by atoms with Crippen LogP contribution in [0, 0.1) is 0 Å². The molecule has 8 aromatic rings. The number of benzene rings is 2. The number of fused-ring (bicyclic) bond motifs is 4. The molecule has 0 atom stereocenters. The maximum Gasteiger partial charge on any atom is 0.200 e. The Labute approximate surface area is 311 Å². The van der Waals surface area contributed by atoms with Gasteiger partial charge in [-0.15, -0.1) is 0 Å². The van der Waals surface area contributed by atoms with Gasteiger partial charge in [-0.25, -0.2) is 14.5 Å². The molecule has 0 saturated carbocycles. The number of aromatic nitrogens is 6. The quantitative estimate of drug-likeness (QED) is 0.166. The SMILES string of the molecule is CC(C)c1ccc2cc(N)nn2c1.CC(C)c1ccc2ccccn12.CC(C)c1cccc2c1nc(N)n2C.CC(C)c1cccc2sc(N)nc12. The highest BCUT2D eigenvalue weighted by Gasteiger charge is 2.11. The second-order valence-corrected chi connectivity index (χ2v) is 15.3. The van der Waals surface area contributed by atoms with Gasteiger partial charge in [0.2, 0.25) is 5.95 Å². The molecule has 52 heavy (non-hydrogen) atoms. The molecule has 0 aliphatic heterocycles. The number of para-hydroxylation sites is 2. The summed E-state index contributed by atoms with van der Waals surface area (Å²) in [6.45, 7) is 17.4. The van der Waals surface area contributed by atoms with Crippen LogP contribution in [-0.2, 0) is 7.05 Å². The van der Waals surface area contributed by atoms with Crippen molar-refractivity contribution in [3.8, 4) is 0 Å². The molecule has 6 N–H and O–H groups in total. The second kappa shape index (κ2) is 16.3. The fourth-order valence-electron chi connectivity index (χ4n) is 6.09. The van der Waals surface area contributed by atoms with Crippen LogP contribution in [0.4, 0.5) is 16.9 Å². The normalized spacial score (nSPS) is 11.3. The number of hydrogen-bond acceptors (Lipinski definition) is 7. The van der Waals surface area contributed by atoms with Gasteiger partial charge in [-0.2, -0.15) is 5.10 Å². The number of aryl methyl sites for hydroxylation is 1. The van der Waals surface area contributed by atoms with Gasteiger partial charge in [0.25, 0.3) is 0 Å². The van der Waals surface area contributed by atoms with E-state index in [2.05, 4.69) is 148 Å². The standard InChI is InChI=1S/C11H15N3.C11H13N.C10H13N3.C10H12N2S/c1-7(2)8-5-4-6-9-10(8)13-11(12)14(9)3;1-9(2)11-7-6-10-5-3-4-8-12(10)11;1-7(2)8-3-4-9-5-10(11)12-13(9)6-8;1-6(2)7-4-3-5-8-9(7)12-10(11)13-8/h4-7H,1-3H3,(H2,12,13);3-9H,1-2H3;3-7H,1-2H3,(H2,11,12);3-6H,1-2H3,(H2,11,12). The topological polar surface area (TPSA) is 130 Å². The lowest BCUT2D eigenvalue weighted by molar-refractivity contribution is 0.809. The van der Waals surface area contributed by atoms with E-state index in [-0.39, 0.29) is 0 Å². The third-order valence-corrected chi connectivity index (χ3v) is 9.89. The minimum absolute atomic E-state index is 0.480. The van der Waals surface area contributed by atoms with Crippen LogP contribution in [0.2, 0.25) is 0 Å². The summed E-state index contributed by atoms with van der Waals surface area (Å²) >= 11 is 1.55. The first kappa shape index (κ1) is 37.9. The lowest BCUT2D eigenvalue weighted by Gasteiger charge is -2.05. The Morgan fingerprint density at radius 1 is 0.635 bits per heavy atom. The van der Waals surface area contributed by atoms with Crippen molar-refractivity contribution in [1.82, 2.24) is 28.5 Å². The molecule has 0 fully saturated rings. The van der Waals surface area contributed by atoms with E-state index in [1.807, 2.05) is 40.5 Å². The van der Waals surface area contributed by atoms with Crippen molar-refractivity contribution in [2.24, 2.45) is 7.05 Å². The Hall–Kier alpha value is -5.35. The zero-order chi connectivity index (χ0) is 37.7. The fourth-order valence-corrected chi connectivity index (χ4v) is 6.85. The molecule has 6 aromatic heterocycles. The predicted octanol–water partition coefficient (Wildman–Crippen LogP) is 10.4. The van der Waals surface area contributed by atoms with Gasteiger partial charge < -0.3 is 26.2 Å². The van der Waals surface area contributed by atoms with Crippen LogP contribution >= 0.6 is 11.3 Å². The van der Waals surface area contributed by atoms with Gasteiger partial charge in [-0.1, -0.05) is 103 Å². The Kier molecular flexibility index (Phi) is 11.9. The van der Waals surface area contributed by atoms with E-state index in [0.29, 0.717) is 40.6 Å². The molecule has 8 rings (SSSR count). The average Bonchev–Trinajstić information content (AvgIpc) is 3.88. The Balaban J connectivity index is 0.000000134. The number of pyridine rings is 2. The second-order valence-electron chi connectivity index (χ2n) is 14.3. The van der Waals surface area contributed by atoms with Crippen LogP contribution in [0.1, 0.15) is 101 Å². The summed E-state index contributed by atoms with van der Waals surface area (Å²) in [7, 11) is 1.94. The van der Waals surface area contributed by atoms with Gasteiger partial charge >= 0.3 is 0 Å². The maximum absolute atomic E-state index is 5.77. The first-order valence-electron chi connectivity index (χ1n) is 17.9. The minimum atomic E-state index is 0.480. The van der Waals surface area contributed by atoms with Gasteiger partial charge in [-0.3, -0.25) is 0 Å². The number of nitrogen functional groups attached to an aromatic ring is 3. The van der Waals surface area contributed by atoms with Gasteiger partial charge in [0.15, 0.2) is 5.13 Å². The molecule has 9 nitrogen and oxygen atoms in total. The van der Waals surface area contributed by atoms with Gasteiger partial charge in [-0.05, 0) is 82.8 Å². The number of thiazole rings is 1. The highest BCUT2D eigenvalue weighted by atomic mass is 32.1. The van der Waals surface area contributed by atoms with Crippen molar-refractivity contribution in [1.29, 1.82) is 0 Å². The zero-order valence-corrected chi connectivity index (χ0v) is 32.7. The summed E-state index contributed by atoms with van der Waals surface area (Å²) in [6.07, 6.45) is 4.14. The van der Waals surface area contributed by atoms with Crippen LogP contribution in [0.3, 0.4) is 0 Å². The van der Waals surface area contributed by atoms with Crippen molar-refractivity contribution in [3.63, 3.8) is 0 Å². The third kappa shape index (κ3) is 8.57. The smallest absolute Gasteiger partial charge is 0.200 e. The summed E-state index contributed by atoms with van der Waals surface area (Å²) < 4.78 is 7.17. The van der Waals surface area contributed by atoms with E-state index in [9.17, 15) is 0 Å². The highest BCUT2D eigenvalue weighted by Crippen LogP contribution is 2.30. The van der Waals surface area contributed by atoms with Crippen LogP contribution in [-0.4, -0.2) is 28.5 Å². The lowest BCUT2D eigenvalue weighted by atomic mass is 10.0. The molecule has 0 unspecified atom stereocenters. The minimum Gasteiger partial charge on any atom is -0.382 e. The molecule has 0 spiro atoms. The molecule has 0 bridgehead atoms. The van der Waals surface area contributed by atoms with Crippen molar-refractivity contribution < 1.29 is 0 Å². The van der Waals surface area contributed by atoms with Crippen molar-refractivity contribution in [3.05, 3.63) is 120 Å². The highest BCUT2D eigenvalue weighted by molar-refractivity contribution is 7.22. The average molecular weight is 716 g/mol. The molecular formula is C42H53N9S. The monoisotopic (exact) mass is 715 g/mol. The summed E-state index contributed by atoms with van der Waals surface area (Å²) in [5.41, 5.74) is 27.7. The summed E-state index contributed by atoms with van der Waals surface area (Å²) in [5.74, 6) is 3.25. The number of hydrogen-bond donors (Lipinski definition) is 3. The molecule has 272 valence electrons. The number of anilines is 3. The largest absolute Gasteiger partial charge is 0.382 e. The lowest BCUT2D eigenvalue weighted by Crippen LogP contribution is -1.95. The van der Waals surface area contributed by atoms with Crippen LogP contribution in [0.25, 0.3) is 32.3 Å². The van der Waals surface area contributed by atoms with Crippen LogP contribution in [0.5, 0.6) is 0 Å². The third-order valence-electron chi connectivity index (χ3n) is 9.04. The van der Waals surface area contributed by atoms with E-state index in [1.165, 1.54) is 32.6 Å². The summed E-state index contributed by atoms with van der Waals surface area (Å²) in [4.78, 5) is 8.71. The van der Waals surface area contributed by atoms with Gasteiger partial charge in [0.1, 0.15) is 5.82 Å². The predicted molar refractivity (Wildman–Crippen MR) is 223 cm³/mol. The van der Waals surface area contributed by atoms with Crippen LogP contribution in [0.15, 0.2) is 97.3 Å². The first-order valence-corrected chi connectivity index (χ1v) is 18.7. The molecule has 0 aliphatic carbocycles. The summed E-state index contributed by atoms with van der Waals surface area (Å²) in [6, 6.07) is 29.1. The molecular weight excluding hydrogens is 663 g/mol. The summed E-state index contributed by atoms with van der Waals surface area (Å²) in [5, 5.41) is 4.81. The number of imidazole rings is 1. The Morgan fingerprint density at radius 2 is 1.31 bits per heavy atom. The van der Waals surface area contributed by atoms with E-state index < -0.39 is 0 Å². The van der Waals surface area contributed by atoms with Gasteiger partial charge in [0.05, 0.1) is 26.8 Å². The molecule has 2 aromatic carbocycles. The van der Waals surface area contributed by atoms with E-state index in [4.69, 9.17) is 17.2 Å². The zero-order valence-electron chi connectivity index (χ0n) is 31.9.